The molecule has 0 saturated carbocycles. The van der Waals surface area contributed by atoms with Gasteiger partial charge in [-0.2, -0.15) is 5.10 Å². The Morgan fingerprint density at radius 1 is 1.36 bits per heavy atom. The Kier molecular flexibility index (Phi) is 4.87. The van der Waals surface area contributed by atoms with Gasteiger partial charge >= 0.3 is 6.03 Å². The number of primary amides is 1. The summed E-state index contributed by atoms with van der Waals surface area (Å²) in [4.78, 5) is 25.2. The highest BCUT2D eigenvalue weighted by Gasteiger charge is 2.23. The van der Waals surface area contributed by atoms with E-state index in [1.807, 2.05) is 6.07 Å². The first-order valence-electron chi connectivity index (χ1n) is 8.23. The van der Waals surface area contributed by atoms with E-state index in [9.17, 15) is 9.59 Å². The lowest BCUT2D eigenvalue weighted by Gasteiger charge is -2.27. The number of carbonyl (C=O) groups excluding carboxylic acids is 2. The molecule has 1 aliphatic rings. The third-order valence-corrected chi connectivity index (χ3v) is 4.22. The summed E-state index contributed by atoms with van der Waals surface area (Å²) in [5, 5.41) is 9.52. The van der Waals surface area contributed by atoms with Crippen LogP contribution < -0.4 is 21.3 Å². The number of benzene rings is 1. The van der Waals surface area contributed by atoms with Gasteiger partial charge in [0.05, 0.1) is 11.9 Å². The molecule has 1 atom stereocenters. The summed E-state index contributed by atoms with van der Waals surface area (Å²) in [5.41, 5.74) is 8.21. The van der Waals surface area contributed by atoms with Crippen LogP contribution in [0.3, 0.4) is 0 Å². The molecule has 1 aromatic carbocycles. The van der Waals surface area contributed by atoms with Crippen LogP contribution >= 0.6 is 0 Å². The molecule has 1 aliphatic heterocycles. The van der Waals surface area contributed by atoms with Crippen LogP contribution in [0.25, 0.3) is 0 Å². The first-order valence-corrected chi connectivity index (χ1v) is 8.23. The fourth-order valence-electron chi connectivity index (χ4n) is 3.02. The number of rotatable bonds is 6. The van der Waals surface area contributed by atoms with E-state index in [1.54, 1.807) is 6.20 Å². The molecule has 0 spiro atoms. The fraction of sp³-hybridized carbons (Fsp3) is 0.353. The molecule has 25 heavy (non-hydrogen) atoms. The molecule has 0 radical (unpaired) electrons. The van der Waals surface area contributed by atoms with Gasteiger partial charge in [0.2, 0.25) is 5.91 Å². The van der Waals surface area contributed by atoms with E-state index < -0.39 is 5.91 Å². The maximum atomic E-state index is 12.0. The lowest BCUT2D eigenvalue weighted by Crippen LogP contribution is -2.42. The molecule has 3 rings (SSSR count). The third kappa shape index (κ3) is 4.09. The van der Waals surface area contributed by atoms with Gasteiger partial charge < -0.3 is 21.3 Å². The van der Waals surface area contributed by atoms with Crippen LogP contribution in [0.5, 0.6) is 0 Å². The van der Waals surface area contributed by atoms with Gasteiger partial charge in [-0.15, -0.1) is 0 Å². The molecular weight excluding hydrogens is 320 g/mol. The molecule has 0 aliphatic carbocycles. The summed E-state index contributed by atoms with van der Waals surface area (Å²) in [5.74, 6) is -0.487. The number of anilines is 2. The van der Waals surface area contributed by atoms with Crippen molar-refractivity contribution in [3.63, 3.8) is 0 Å². The zero-order valence-electron chi connectivity index (χ0n) is 14.1. The average molecular weight is 342 g/mol. The second-order valence-corrected chi connectivity index (χ2v) is 6.15. The second kappa shape index (κ2) is 7.25. The summed E-state index contributed by atoms with van der Waals surface area (Å²) in [6.45, 7) is 3.56. The van der Waals surface area contributed by atoms with Crippen LogP contribution in [0.4, 0.5) is 16.2 Å². The summed E-state index contributed by atoms with van der Waals surface area (Å²) >= 11 is 0. The Morgan fingerprint density at radius 3 is 2.96 bits per heavy atom. The summed E-state index contributed by atoms with van der Waals surface area (Å²) in [6.07, 6.45) is 4.07. The number of carbonyl (C=O) groups is 2. The molecule has 0 bridgehead atoms. The lowest BCUT2D eigenvalue weighted by atomic mass is 10.2. The van der Waals surface area contributed by atoms with E-state index in [0.717, 1.165) is 13.0 Å². The van der Waals surface area contributed by atoms with Gasteiger partial charge in [0.15, 0.2) is 0 Å². The zero-order chi connectivity index (χ0) is 17.8. The van der Waals surface area contributed by atoms with Crippen LogP contribution in [0.2, 0.25) is 0 Å². The Labute approximate surface area is 146 Å². The molecular formula is C17H22N6O2. The van der Waals surface area contributed by atoms with Crippen LogP contribution in [-0.4, -0.2) is 40.9 Å². The summed E-state index contributed by atoms with van der Waals surface area (Å²) in [6, 6.07) is 8.23. The predicted molar refractivity (Wildman–Crippen MR) is 95.4 cm³/mol. The summed E-state index contributed by atoms with van der Waals surface area (Å²) < 4.78 is 1.38. The highest BCUT2D eigenvalue weighted by molar-refractivity contribution is 5.89. The molecule has 1 aromatic heterocycles. The molecule has 4 N–H and O–H groups in total. The third-order valence-electron chi connectivity index (χ3n) is 4.22. The average Bonchev–Trinajstić information content (AvgIpc) is 3.19. The van der Waals surface area contributed by atoms with E-state index in [-0.39, 0.29) is 18.6 Å². The van der Waals surface area contributed by atoms with Gasteiger partial charge in [0, 0.05) is 31.0 Å². The van der Waals surface area contributed by atoms with Crippen molar-refractivity contribution in [2.45, 2.75) is 25.9 Å². The Balaban J connectivity index is 1.49. The molecule has 0 unspecified atom stereocenters. The Hall–Kier alpha value is -3.03. The minimum atomic E-state index is -0.487. The monoisotopic (exact) mass is 342 g/mol. The number of nitrogens with zero attached hydrogens (tertiary/aromatic N) is 3. The Morgan fingerprint density at radius 2 is 2.16 bits per heavy atom. The number of para-hydroxylation sites is 1. The van der Waals surface area contributed by atoms with E-state index in [0.29, 0.717) is 12.2 Å². The van der Waals surface area contributed by atoms with E-state index in [4.69, 9.17) is 5.73 Å². The normalized spacial score (nSPS) is 14.0. The largest absolute Gasteiger partial charge is 0.368 e. The minimum Gasteiger partial charge on any atom is -0.368 e. The number of nitrogens with two attached hydrogens (primary N) is 1. The number of hydrogen-bond donors (Lipinski definition) is 3. The lowest BCUT2D eigenvalue weighted by molar-refractivity contribution is -0.118. The van der Waals surface area contributed by atoms with Crippen LogP contribution in [0.1, 0.15) is 12.5 Å². The standard InChI is InChI=1S/C17H22N6O2/c1-12(23-7-6-13-4-2-3-5-15(13)23)8-19-17(25)21-14-9-20-22(10-14)11-16(18)24/h2-5,9-10,12H,6-8,11H2,1H3,(H2,18,24)(H2,19,21,25)/t12-/m1/s1. The maximum absolute atomic E-state index is 12.0. The van der Waals surface area contributed by atoms with E-state index >= 15 is 0 Å². The highest BCUT2D eigenvalue weighted by Crippen LogP contribution is 2.28. The van der Waals surface area contributed by atoms with Crippen molar-refractivity contribution in [3.05, 3.63) is 42.2 Å². The molecule has 2 aromatic rings. The molecule has 8 nitrogen and oxygen atoms in total. The van der Waals surface area contributed by atoms with Crippen LogP contribution in [0, 0.1) is 0 Å². The van der Waals surface area contributed by atoms with E-state index in [2.05, 4.69) is 45.8 Å². The van der Waals surface area contributed by atoms with Crippen molar-refractivity contribution in [3.8, 4) is 0 Å². The van der Waals surface area contributed by atoms with Gasteiger partial charge in [-0.05, 0) is 25.0 Å². The first-order chi connectivity index (χ1) is 12.0. The number of aromatic nitrogens is 2. The van der Waals surface area contributed by atoms with E-state index in [1.165, 1.54) is 22.1 Å². The fourth-order valence-corrected chi connectivity index (χ4v) is 3.02. The number of urea groups is 1. The van der Waals surface area contributed by atoms with Crippen molar-refractivity contribution in [2.24, 2.45) is 5.73 Å². The minimum absolute atomic E-state index is 0.0191. The van der Waals surface area contributed by atoms with Crippen molar-refractivity contribution in [1.29, 1.82) is 0 Å². The molecule has 0 saturated heterocycles. The zero-order valence-corrected chi connectivity index (χ0v) is 14.1. The number of nitrogens with one attached hydrogen (secondary N) is 2. The highest BCUT2D eigenvalue weighted by atomic mass is 16.2. The Bertz CT molecular complexity index is 772. The molecule has 0 fully saturated rings. The maximum Gasteiger partial charge on any atom is 0.319 e. The van der Waals surface area contributed by atoms with Crippen molar-refractivity contribution >= 4 is 23.3 Å². The van der Waals surface area contributed by atoms with Gasteiger partial charge in [-0.1, -0.05) is 18.2 Å². The first kappa shape index (κ1) is 16.8. The SMILES string of the molecule is C[C@H](CNC(=O)Nc1cnn(CC(N)=O)c1)N1CCc2ccccc21. The van der Waals surface area contributed by atoms with Gasteiger partial charge in [0.25, 0.3) is 0 Å². The predicted octanol–water partition coefficient (Wildman–Crippen LogP) is 0.941. The molecule has 3 amide bonds. The van der Waals surface area contributed by atoms with Crippen molar-refractivity contribution in [2.75, 3.05) is 23.3 Å². The van der Waals surface area contributed by atoms with Gasteiger partial charge in [-0.3, -0.25) is 9.48 Å². The van der Waals surface area contributed by atoms with Crippen molar-refractivity contribution in [1.82, 2.24) is 15.1 Å². The topological polar surface area (TPSA) is 105 Å². The van der Waals surface area contributed by atoms with Gasteiger partial charge in [-0.25, -0.2) is 4.79 Å². The number of hydrogen-bond acceptors (Lipinski definition) is 4. The second-order valence-electron chi connectivity index (χ2n) is 6.15. The smallest absolute Gasteiger partial charge is 0.319 e. The van der Waals surface area contributed by atoms with Crippen LogP contribution in [-0.2, 0) is 17.8 Å². The number of amides is 3. The molecule has 8 heteroatoms. The van der Waals surface area contributed by atoms with Gasteiger partial charge in [0.1, 0.15) is 6.54 Å². The van der Waals surface area contributed by atoms with Crippen molar-refractivity contribution < 1.29 is 9.59 Å². The molecule has 2 heterocycles. The number of fused-ring (bicyclic) bond motifs is 1. The molecule has 132 valence electrons. The summed E-state index contributed by atoms with van der Waals surface area (Å²) in [7, 11) is 0. The quantitative estimate of drug-likeness (QED) is 0.726. The van der Waals surface area contributed by atoms with Crippen LogP contribution in [0.15, 0.2) is 36.7 Å².